The SMILES string of the molecule is Cc1ccc(S(=O)(=O)n2c(C(=O)c3cn[n]([Al])c3N)cc3ccccc32)cc1. The second kappa shape index (κ2) is 6.64. The van der Waals surface area contributed by atoms with Crippen molar-refractivity contribution in [3.05, 3.63) is 77.6 Å². The number of nitrogens with zero attached hydrogens (tertiary/aromatic N) is 3. The average molecular weight is 406 g/mol. The molecule has 0 saturated heterocycles. The van der Waals surface area contributed by atoms with E-state index >= 15 is 0 Å². The molecule has 9 heteroatoms. The van der Waals surface area contributed by atoms with Gasteiger partial charge >= 0.3 is 16.5 Å². The first-order valence-corrected chi connectivity index (χ1v) is 10.3. The first kappa shape index (κ1) is 18.5. The number of para-hydroxylation sites is 1. The summed E-state index contributed by atoms with van der Waals surface area (Å²) in [5.41, 5.74) is 7.42. The molecule has 0 bridgehead atoms. The Morgan fingerprint density at radius 2 is 1.79 bits per heavy atom. The number of nitrogen functional groups attached to an aromatic ring is 1. The highest BCUT2D eigenvalue weighted by Gasteiger charge is 2.28. The zero-order chi connectivity index (χ0) is 20.1. The summed E-state index contributed by atoms with van der Waals surface area (Å²) in [4.78, 5) is 13.3. The van der Waals surface area contributed by atoms with E-state index in [1.807, 2.05) is 6.92 Å². The van der Waals surface area contributed by atoms with Crippen LogP contribution in [0.15, 0.2) is 65.7 Å². The molecule has 2 aromatic heterocycles. The number of hydrogen-bond acceptors (Lipinski definition) is 5. The number of fused-ring (bicyclic) bond motifs is 1. The summed E-state index contributed by atoms with van der Waals surface area (Å²) < 4.78 is 29.2. The summed E-state index contributed by atoms with van der Waals surface area (Å²) in [7, 11) is -4.01. The third-order valence-electron chi connectivity index (χ3n) is 4.54. The fraction of sp³-hybridized carbons (Fsp3) is 0.0526. The molecule has 0 aliphatic rings. The van der Waals surface area contributed by atoms with E-state index in [1.54, 1.807) is 42.5 Å². The number of carbonyl (C=O) groups is 1. The molecule has 0 aliphatic carbocycles. The monoisotopic (exact) mass is 406 g/mol. The van der Waals surface area contributed by atoms with Gasteiger partial charge in [0, 0.05) is 5.39 Å². The minimum atomic E-state index is -4.01. The number of carbonyl (C=O) groups excluding carboxylic acids is 1. The molecule has 0 fully saturated rings. The fourth-order valence-corrected chi connectivity index (χ4v) is 4.76. The lowest BCUT2D eigenvalue weighted by Crippen LogP contribution is -2.19. The van der Waals surface area contributed by atoms with Gasteiger partial charge in [-0.1, -0.05) is 35.9 Å². The maximum atomic E-state index is 13.4. The highest BCUT2D eigenvalue weighted by Crippen LogP contribution is 2.28. The van der Waals surface area contributed by atoms with Crippen LogP contribution in [0.4, 0.5) is 5.82 Å². The number of benzene rings is 2. The summed E-state index contributed by atoms with van der Waals surface area (Å²) in [6, 6.07) is 15.0. The van der Waals surface area contributed by atoms with E-state index in [1.165, 1.54) is 22.0 Å². The van der Waals surface area contributed by atoms with E-state index in [0.717, 1.165) is 9.54 Å². The molecule has 0 unspecified atom stereocenters. The predicted molar refractivity (Wildman–Crippen MR) is 107 cm³/mol. The Bertz CT molecular complexity index is 1320. The van der Waals surface area contributed by atoms with Crippen molar-refractivity contribution in [3.8, 4) is 0 Å². The summed E-state index contributed by atoms with van der Waals surface area (Å²) in [6.07, 6.45) is 1.32. The normalized spacial score (nSPS) is 11.8. The third-order valence-corrected chi connectivity index (χ3v) is 6.69. The van der Waals surface area contributed by atoms with Crippen LogP contribution in [0, 0.1) is 6.92 Å². The number of rotatable bonds is 4. The molecule has 0 saturated carbocycles. The van der Waals surface area contributed by atoms with E-state index in [4.69, 9.17) is 5.73 Å². The van der Waals surface area contributed by atoms with Crippen molar-refractivity contribution in [1.29, 1.82) is 0 Å². The second-order valence-corrected chi connectivity index (χ2v) is 8.66. The van der Waals surface area contributed by atoms with Crippen molar-refractivity contribution in [1.82, 2.24) is 12.7 Å². The van der Waals surface area contributed by atoms with Gasteiger partial charge in [-0.25, -0.2) is 17.5 Å². The molecular weight excluding hydrogens is 391 g/mol. The lowest BCUT2D eigenvalue weighted by Gasteiger charge is -2.12. The van der Waals surface area contributed by atoms with Crippen molar-refractivity contribution in [2.75, 3.05) is 5.73 Å². The standard InChI is InChI=1S/C19H16N4O3S.Al/c1-12-6-8-14(9-7-12)27(25,26)23-16-5-3-2-4-13(16)10-17(23)18(24)15-11-21-22-19(15)20;/h2-11H,1H3,(H3,20,21,22,24);/q;+1/p-1. The molecule has 2 heterocycles. The fourth-order valence-electron chi connectivity index (χ4n) is 3.05. The number of ketones is 1. The molecular formula is C19H15AlN4O3S. The molecule has 7 nitrogen and oxygen atoms in total. The van der Waals surface area contributed by atoms with Gasteiger partial charge < -0.3 is 9.40 Å². The van der Waals surface area contributed by atoms with Gasteiger partial charge in [-0.3, -0.25) is 4.79 Å². The van der Waals surface area contributed by atoms with Crippen LogP contribution < -0.4 is 5.73 Å². The molecule has 2 radical (unpaired) electrons. The van der Waals surface area contributed by atoms with Crippen molar-refractivity contribution < 1.29 is 13.2 Å². The van der Waals surface area contributed by atoms with Crippen molar-refractivity contribution >= 4 is 49.0 Å². The molecule has 2 N–H and O–H groups in total. The number of hydrogen-bond donors (Lipinski definition) is 1. The van der Waals surface area contributed by atoms with Gasteiger partial charge in [0.25, 0.3) is 10.0 Å². The highest BCUT2D eigenvalue weighted by atomic mass is 32.2. The molecule has 0 spiro atoms. The first-order valence-electron chi connectivity index (χ1n) is 8.36. The van der Waals surface area contributed by atoms with E-state index in [2.05, 4.69) is 21.6 Å². The summed E-state index contributed by atoms with van der Waals surface area (Å²) in [5, 5.41) is 4.59. The van der Waals surface area contributed by atoms with E-state index in [9.17, 15) is 13.2 Å². The second-order valence-electron chi connectivity index (χ2n) is 6.39. The molecule has 4 aromatic rings. The van der Waals surface area contributed by atoms with Crippen molar-refractivity contribution in [2.45, 2.75) is 11.8 Å². The lowest BCUT2D eigenvalue weighted by atomic mass is 10.1. The minimum absolute atomic E-state index is 0.00600. The quantitative estimate of drug-likeness (QED) is 0.413. The van der Waals surface area contributed by atoms with Crippen molar-refractivity contribution in [3.63, 3.8) is 0 Å². The molecule has 0 amide bonds. The minimum Gasteiger partial charge on any atom is -0.385 e. The van der Waals surface area contributed by atoms with Crippen LogP contribution in [0.5, 0.6) is 0 Å². The number of anilines is 1. The zero-order valence-electron chi connectivity index (χ0n) is 14.9. The molecule has 4 rings (SSSR count). The van der Waals surface area contributed by atoms with E-state index in [-0.39, 0.29) is 22.0 Å². The predicted octanol–water partition coefficient (Wildman–Crippen LogP) is 2.13. The topological polar surface area (TPSA) is 100.0 Å². The maximum absolute atomic E-state index is 13.4. The van der Waals surface area contributed by atoms with Crippen LogP contribution in [0.3, 0.4) is 0 Å². The van der Waals surface area contributed by atoms with Crippen LogP contribution in [0.2, 0.25) is 0 Å². The van der Waals surface area contributed by atoms with Gasteiger partial charge in [0.2, 0.25) is 5.78 Å². The Morgan fingerprint density at radius 1 is 1.11 bits per heavy atom. The lowest BCUT2D eigenvalue weighted by molar-refractivity contribution is 0.103. The number of aromatic nitrogens is 3. The number of nitrogens with two attached hydrogens (primary N) is 1. The summed E-state index contributed by atoms with van der Waals surface area (Å²) in [5.74, 6) is -0.377. The Morgan fingerprint density at radius 3 is 2.43 bits per heavy atom. The summed E-state index contributed by atoms with van der Waals surface area (Å²) in [6.45, 7) is 1.87. The summed E-state index contributed by atoms with van der Waals surface area (Å²) >= 11 is 2.27. The molecule has 2 aromatic carbocycles. The van der Waals surface area contributed by atoms with Crippen LogP contribution >= 0.6 is 0 Å². The Kier molecular flexibility index (Phi) is 4.39. The van der Waals surface area contributed by atoms with E-state index < -0.39 is 15.8 Å². The molecule has 138 valence electrons. The molecule has 28 heavy (non-hydrogen) atoms. The first-order chi connectivity index (χ1) is 13.3. The Labute approximate surface area is 170 Å². The van der Waals surface area contributed by atoms with Crippen LogP contribution in [-0.2, 0) is 10.0 Å². The van der Waals surface area contributed by atoms with Crippen molar-refractivity contribution in [2.24, 2.45) is 0 Å². The maximum Gasteiger partial charge on any atom is 0.356 e. The van der Waals surface area contributed by atoms with Crippen LogP contribution in [0.25, 0.3) is 10.9 Å². The van der Waals surface area contributed by atoms with Gasteiger partial charge in [-0.2, -0.15) is 0 Å². The van der Waals surface area contributed by atoms with E-state index in [0.29, 0.717) is 10.9 Å². The number of aryl methyl sites for hydroxylation is 1. The molecule has 0 atom stereocenters. The highest BCUT2D eigenvalue weighted by molar-refractivity contribution is 7.90. The zero-order valence-corrected chi connectivity index (χ0v) is 16.9. The van der Waals surface area contributed by atoms with Crippen LogP contribution in [-0.4, -0.2) is 43.4 Å². The van der Waals surface area contributed by atoms with Gasteiger partial charge in [0.1, 0.15) is 11.5 Å². The average Bonchev–Trinajstić information content (AvgIpc) is 3.23. The Hall–Kier alpha value is -2.86. The van der Waals surface area contributed by atoms with Gasteiger partial charge in [-0.05, 0) is 31.2 Å². The Balaban J connectivity index is 2.00. The molecule has 0 aliphatic heterocycles. The van der Waals surface area contributed by atoms with Gasteiger partial charge in [-0.15, -0.1) is 0 Å². The largest absolute Gasteiger partial charge is 0.385 e. The van der Waals surface area contributed by atoms with Crippen LogP contribution in [0.1, 0.15) is 21.6 Å². The van der Waals surface area contributed by atoms with Gasteiger partial charge in [0.15, 0.2) is 0 Å². The smallest absolute Gasteiger partial charge is 0.356 e. The van der Waals surface area contributed by atoms with Gasteiger partial charge in [0.05, 0.1) is 22.2 Å². The third kappa shape index (κ3) is 2.85.